The van der Waals surface area contributed by atoms with Crippen LogP contribution in [0.4, 0.5) is 4.39 Å². The summed E-state index contributed by atoms with van der Waals surface area (Å²) in [6.45, 7) is 0.539. The Morgan fingerprint density at radius 3 is 3.00 bits per heavy atom. The second-order valence-corrected chi connectivity index (χ2v) is 6.79. The molecule has 0 saturated heterocycles. The van der Waals surface area contributed by atoms with Crippen LogP contribution in [0.25, 0.3) is 11.0 Å². The van der Waals surface area contributed by atoms with E-state index in [4.69, 9.17) is 0 Å². The van der Waals surface area contributed by atoms with Crippen molar-refractivity contribution in [2.45, 2.75) is 25.7 Å². The normalized spacial score (nSPS) is 11.1. The molecule has 1 N–H and O–H groups in total. The smallest absolute Gasteiger partial charge is 0.220 e. The van der Waals surface area contributed by atoms with Gasteiger partial charge in [0.1, 0.15) is 11.6 Å². The number of imidazole rings is 1. The summed E-state index contributed by atoms with van der Waals surface area (Å²) in [6, 6.07) is 8.72. The van der Waals surface area contributed by atoms with Gasteiger partial charge in [0, 0.05) is 37.4 Å². The van der Waals surface area contributed by atoms with E-state index < -0.39 is 0 Å². The molecule has 6 heteroatoms. The van der Waals surface area contributed by atoms with E-state index in [1.807, 2.05) is 17.7 Å². The quantitative estimate of drug-likeness (QED) is 0.713. The highest BCUT2D eigenvalue weighted by Crippen LogP contribution is 2.16. The van der Waals surface area contributed by atoms with Crippen LogP contribution >= 0.6 is 11.3 Å². The highest BCUT2D eigenvalue weighted by atomic mass is 32.1. The molecule has 2 heterocycles. The van der Waals surface area contributed by atoms with Crippen molar-refractivity contribution in [1.82, 2.24) is 14.9 Å². The van der Waals surface area contributed by atoms with Gasteiger partial charge in [0.25, 0.3) is 0 Å². The average molecular weight is 345 g/mol. The number of hydrogen-bond acceptors (Lipinski definition) is 3. The molecular formula is C18H20FN3OS. The number of carbonyl (C=O) groups excluding carboxylic acids is 1. The van der Waals surface area contributed by atoms with Gasteiger partial charge in [-0.05, 0) is 36.4 Å². The van der Waals surface area contributed by atoms with Gasteiger partial charge in [-0.25, -0.2) is 9.37 Å². The van der Waals surface area contributed by atoms with Crippen molar-refractivity contribution in [1.29, 1.82) is 0 Å². The summed E-state index contributed by atoms with van der Waals surface area (Å²) < 4.78 is 15.2. The van der Waals surface area contributed by atoms with Crippen LogP contribution in [0.15, 0.2) is 35.7 Å². The van der Waals surface area contributed by atoms with Crippen LogP contribution in [0, 0.1) is 5.82 Å². The number of halogens is 1. The molecule has 126 valence electrons. The van der Waals surface area contributed by atoms with E-state index in [0.29, 0.717) is 24.9 Å². The molecule has 1 aromatic carbocycles. The van der Waals surface area contributed by atoms with E-state index in [0.717, 1.165) is 24.2 Å². The van der Waals surface area contributed by atoms with Gasteiger partial charge in [-0.3, -0.25) is 4.79 Å². The molecule has 0 saturated carbocycles. The molecule has 2 aromatic heterocycles. The topological polar surface area (TPSA) is 46.9 Å². The molecule has 0 aliphatic rings. The summed E-state index contributed by atoms with van der Waals surface area (Å²) in [5, 5.41) is 4.98. The monoisotopic (exact) mass is 345 g/mol. The molecule has 0 bridgehead atoms. The van der Waals surface area contributed by atoms with Gasteiger partial charge in [-0.2, -0.15) is 0 Å². The van der Waals surface area contributed by atoms with Crippen LogP contribution < -0.4 is 5.32 Å². The first kappa shape index (κ1) is 16.6. The fourth-order valence-electron chi connectivity index (χ4n) is 2.73. The molecule has 0 aliphatic heterocycles. The van der Waals surface area contributed by atoms with E-state index in [2.05, 4.69) is 21.7 Å². The number of amides is 1. The molecule has 4 nitrogen and oxygen atoms in total. The van der Waals surface area contributed by atoms with Gasteiger partial charge in [-0.1, -0.05) is 6.07 Å². The average Bonchev–Trinajstić information content (AvgIpc) is 3.16. The Balaban J connectivity index is 1.46. The Hall–Kier alpha value is -2.21. The molecule has 3 aromatic rings. The van der Waals surface area contributed by atoms with Gasteiger partial charge in [-0.15, -0.1) is 11.3 Å². The molecule has 0 fully saturated rings. The maximum atomic E-state index is 13.3. The number of hydrogen-bond donors (Lipinski definition) is 1. The molecule has 24 heavy (non-hydrogen) atoms. The summed E-state index contributed by atoms with van der Waals surface area (Å²) in [5.41, 5.74) is 1.54. The van der Waals surface area contributed by atoms with Crippen LogP contribution in [0.1, 0.15) is 23.5 Å². The Kier molecular flexibility index (Phi) is 5.25. The standard InChI is InChI=1S/C18H20FN3OS/c1-22-16-8-7-13(19)12-15(16)21-17(22)9-10-20-18(23)6-2-4-14-5-3-11-24-14/h3,5,7-8,11-12H,2,4,6,9-10H2,1H3,(H,20,23). The molecule has 1 amide bonds. The van der Waals surface area contributed by atoms with Crippen LogP contribution in [-0.4, -0.2) is 22.0 Å². The number of benzene rings is 1. The predicted octanol–water partition coefficient (Wildman–Crippen LogP) is 3.46. The zero-order valence-electron chi connectivity index (χ0n) is 13.6. The number of fused-ring (bicyclic) bond motifs is 1. The van der Waals surface area contributed by atoms with Crippen molar-refractivity contribution >= 4 is 28.3 Å². The first-order valence-corrected chi connectivity index (χ1v) is 8.91. The number of carbonyl (C=O) groups is 1. The minimum atomic E-state index is -0.286. The van der Waals surface area contributed by atoms with Crippen molar-refractivity contribution in [3.63, 3.8) is 0 Å². The molecule has 0 radical (unpaired) electrons. The maximum absolute atomic E-state index is 13.3. The molecule has 0 spiro atoms. The SMILES string of the molecule is Cn1c(CCNC(=O)CCCc2cccs2)nc2cc(F)ccc21. The van der Waals surface area contributed by atoms with Gasteiger partial charge < -0.3 is 9.88 Å². The lowest BCUT2D eigenvalue weighted by molar-refractivity contribution is -0.121. The fourth-order valence-corrected chi connectivity index (χ4v) is 3.48. The van der Waals surface area contributed by atoms with Crippen molar-refractivity contribution in [3.05, 3.63) is 52.2 Å². The highest BCUT2D eigenvalue weighted by molar-refractivity contribution is 7.09. The fraction of sp³-hybridized carbons (Fsp3) is 0.333. The van der Waals surface area contributed by atoms with Crippen molar-refractivity contribution < 1.29 is 9.18 Å². The zero-order valence-corrected chi connectivity index (χ0v) is 14.4. The lowest BCUT2D eigenvalue weighted by Crippen LogP contribution is -2.26. The Morgan fingerprint density at radius 2 is 2.21 bits per heavy atom. The molecule has 0 aliphatic carbocycles. The van der Waals surface area contributed by atoms with Gasteiger partial charge in [0.15, 0.2) is 0 Å². The minimum absolute atomic E-state index is 0.0661. The Bertz CT molecular complexity index is 826. The Labute approximate surface area is 144 Å². The van der Waals surface area contributed by atoms with E-state index in [-0.39, 0.29) is 11.7 Å². The van der Waals surface area contributed by atoms with Gasteiger partial charge >= 0.3 is 0 Å². The second-order valence-electron chi connectivity index (χ2n) is 5.75. The summed E-state index contributed by atoms with van der Waals surface area (Å²) in [6.07, 6.45) is 2.97. The molecule has 0 atom stereocenters. The summed E-state index contributed by atoms with van der Waals surface area (Å²) in [7, 11) is 1.91. The third kappa shape index (κ3) is 4.00. The highest BCUT2D eigenvalue weighted by Gasteiger charge is 2.09. The van der Waals surface area contributed by atoms with Crippen LogP contribution in [0.3, 0.4) is 0 Å². The van der Waals surface area contributed by atoms with E-state index in [1.54, 1.807) is 17.4 Å². The first-order valence-electron chi connectivity index (χ1n) is 8.03. The van der Waals surface area contributed by atoms with Crippen LogP contribution in [-0.2, 0) is 24.7 Å². The zero-order chi connectivity index (χ0) is 16.9. The van der Waals surface area contributed by atoms with E-state index >= 15 is 0 Å². The Morgan fingerprint density at radius 1 is 1.33 bits per heavy atom. The molecule has 3 rings (SSSR count). The number of nitrogens with one attached hydrogen (secondary N) is 1. The van der Waals surface area contributed by atoms with Crippen LogP contribution in [0.2, 0.25) is 0 Å². The predicted molar refractivity (Wildman–Crippen MR) is 94.6 cm³/mol. The summed E-state index contributed by atoms with van der Waals surface area (Å²) in [5.74, 6) is 0.622. The largest absolute Gasteiger partial charge is 0.356 e. The summed E-state index contributed by atoms with van der Waals surface area (Å²) in [4.78, 5) is 17.6. The van der Waals surface area contributed by atoms with Gasteiger partial charge in [0.05, 0.1) is 11.0 Å². The second kappa shape index (κ2) is 7.57. The van der Waals surface area contributed by atoms with E-state index in [9.17, 15) is 9.18 Å². The van der Waals surface area contributed by atoms with Gasteiger partial charge in [0.2, 0.25) is 5.91 Å². The third-order valence-corrected chi connectivity index (χ3v) is 4.95. The number of rotatable bonds is 7. The first-order chi connectivity index (χ1) is 11.6. The van der Waals surface area contributed by atoms with E-state index in [1.165, 1.54) is 17.0 Å². The third-order valence-electron chi connectivity index (χ3n) is 4.01. The number of nitrogens with zero attached hydrogens (tertiary/aromatic N) is 2. The van der Waals surface area contributed by atoms with Crippen molar-refractivity contribution in [2.24, 2.45) is 7.05 Å². The minimum Gasteiger partial charge on any atom is -0.356 e. The van der Waals surface area contributed by atoms with Crippen molar-refractivity contribution in [3.8, 4) is 0 Å². The number of thiophene rings is 1. The maximum Gasteiger partial charge on any atom is 0.220 e. The molecular weight excluding hydrogens is 325 g/mol. The molecule has 0 unspecified atom stereocenters. The number of aryl methyl sites for hydroxylation is 2. The lowest BCUT2D eigenvalue weighted by atomic mass is 10.2. The number of aromatic nitrogens is 2. The van der Waals surface area contributed by atoms with Crippen LogP contribution in [0.5, 0.6) is 0 Å². The lowest BCUT2D eigenvalue weighted by Gasteiger charge is -2.05. The summed E-state index contributed by atoms with van der Waals surface area (Å²) >= 11 is 1.72. The van der Waals surface area contributed by atoms with Crippen molar-refractivity contribution in [2.75, 3.05) is 6.54 Å².